The third-order valence-corrected chi connectivity index (χ3v) is 5.44. The Labute approximate surface area is 167 Å². The van der Waals surface area contributed by atoms with Crippen LogP contribution in [0.25, 0.3) is 0 Å². The number of rotatable bonds is 5. The highest BCUT2D eigenvalue weighted by Crippen LogP contribution is 2.28. The Balaban J connectivity index is 1.40. The maximum atomic E-state index is 12.8. The van der Waals surface area contributed by atoms with Crippen LogP contribution < -0.4 is 4.90 Å². The summed E-state index contributed by atoms with van der Waals surface area (Å²) < 4.78 is 0. The van der Waals surface area contributed by atoms with Gasteiger partial charge in [-0.15, -0.1) is 0 Å². The van der Waals surface area contributed by atoms with Gasteiger partial charge in [0.25, 0.3) is 5.91 Å². The maximum absolute atomic E-state index is 12.8. The Morgan fingerprint density at radius 1 is 0.929 bits per heavy atom. The number of nitrogens with zero attached hydrogens (tertiary/aromatic N) is 2. The van der Waals surface area contributed by atoms with Crippen molar-refractivity contribution < 1.29 is 4.79 Å². The lowest BCUT2D eigenvalue weighted by atomic mass is 10.1. The van der Waals surface area contributed by atoms with Crippen LogP contribution in [0.3, 0.4) is 0 Å². The fourth-order valence-corrected chi connectivity index (χ4v) is 3.80. The van der Waals surface area contributed by atoms with E-state index in [-0.39, 0.29) is 5.91 Å². The van der Waals surface area contributed by atoms with Gasteiger partial charge >= 0.3 is 0 Å². The smallest absolute Gasteiger partial charge is 0.253 e. The van der Waals surface area contributed by atoms with Gasteiger partial charge in [-0.2, -0.15) is 0 Å². The molecular formula is C25H26N2O. The zero-order valence-corrected chi connectivity index (χ0v) is 16.6. The van der Waals surface area contributed by atoms with E-state index in [4.69, 9.17) is 0 Å². The van der Waals surface area contributed by atoms with Crippen LogP contribution in [-0.4, -0.2) is 24.4 Å². The van der Waals surface area contributed by atoms with Crippen LogP contribution in [0.1, 0.15) is 32.6 Å². The molecule has 0 saturated carbocycles. The Kier molecular flexibility index (Phi) is 5.16. The Morgan fingerprint density at radius 3 is 2.36 bits per heavy atom. The van der Waals surface area contributed by atoms with Gasteiger partial charge < -0.3 is 9.80 Å². The van der Waals surface area contributed by atoms with Crippen LogP contribution in [0.2, 0.25) is 0 Å². The summed E-state index contributed by atoms with van der Waals surface area (Å²) in [6.07, 6.45) is 1.11. The maximum Gasteiger partial charge on any atom is 0.253 e. The number of anilines is 1. The standard InChI is InChI=1S/C25H26N2O/c1-19-7-9-20(10-8-19)17-26(2)25(28)23-13-11-21(12-14-23)18-27-16-15-22-5-3-4-6-24(22)27/h3-14H,15-18H2,1-2H3. The quantitative estimate of drug-likeness (QED) is 0.642. The largest absolute Gasteiger partial charge is 0.367 e. The molecule has 0 atom stereocenters. The second-order valence-corrected chi connectivity index (χ2v) is 7.64. The molecule has 0 spiro atoms. The van der Waals surface area contributed by atoms with E-state index in [9.17, 15) is 4.79 Å². The van der Waals surface area contributed by atoms with Crippen molar-refractivity contribution in [1.29, 1.82) is 0 Å². The monoisotopic (exact) mass is 370 g/mol. The summed E-state index contributed by atoms with van der Waals surface area (Å²) >= 11 is 0. The highest BCUT2D eigenvalue weighted by Gasteiger charge is 2.18. The molecule has 0 aromatic heterocycles. The summed E-state index contributed by atoms with van der Waals surface area (Å²) in [5.74, 6) is 0.0543. The number of amides is 1. The average Bonchev–Trinajstić information content (AvgIpc) is 3.13. The van der Waals surface area contributed by atoms with Gasteiger partial charge in [0.2, 0.25) is 0 Å². The van der Waals surface area contributed by atoms with Gasteiger partial charge in [-0.1, -0.05) is 60.2 Å². The van der Waals surface area contributed by atoms with Gasteiger partial charge in [-0.05, 0) is 48.2 Å². The summed E-state index contributed by atoms with van der Waals surface area (Å²) in [6, 6.07) is 25.0. The number of fused-ring (bicyclic) bond motifs is 1. The van der Waals surface area contributed by atoms with Crippen molar-refractivity contribution in [2.45, 2.75) is 26.4 Å². The minimum absolute atomic E-state index is 0.0543. The second-order valence-electron chi connectivity index (χ2n) is 7.64. The molecule has 0 N–H and O–H groups in total. The number of aryl methyl sites for hydroxylation is 1. The zero-order chi connectivity index (χ0) is 19.5. The Bertz CT molecular complexity index is 961. The van der Waals surface area contributed by atoms with Gasteiger partial charge in [0, 0.05) is 37.9 Å². The fraction of sp³-hybridized carbons (Fsp3) is 0.240. The van der Waals surface area contributed by atoms with E-state index in [0.717, 1.165) is 30.6 Å². The molecule has 0 aliphatic carbocycles. The van der Waals surface area contributed by atoms with Crippen molar-refractivity contribution in [1.82, 2.24) is 4.90 Å². The van der Waals surface area contributed by atoms with Crippen molar-refractivity contribution in [3.63, 3.8) is 0 Å². The molecule has 1 aliphatic heterocycles. The molecule has 0 saturated heterocycles. The SMILES string of the molecule is Cc1ccc(CN(C)C(=O)c2ccc(CN3CCc4ccccc43)cc2)cc1. The number of hydrogen-bond acceptors (Lipinski definition) is 2. The number of carbonyl (C=O) groups excluding carboxylic acids is 1. The average molecular weight is 370 g/mol. The topological polar surface area (TPSA) is 23.6 Å². The van der Waals surface area contributed by atoms with Gasteiger partial charge in [0.1, 0.15) is 0 Å². The fourth-order valence-electron chi connectivity index (χ4n) is 3.80. The minimum atomic E-state index is 0.0543. The van der Waals surface area contributed by atoms with Crippen LogP contribution in [0.15, 0.2) is 72.8 Å². The molecule has 3 nitrogen and oxygen atoms in total. The van der Waals surface area contributed by atoms with Crippen LogP contribution >= 0.6 is 0 Å². The minimum Gasteiger partial charge on any atom is -0.367 e. The van der Waals surface area contributed by atoms with E-state index in [1.807, 2.05) is 19.2 Å². The molecule has 0 bridgehead atoms. The van der Waals surface area contributed by atoms with E-state index in [1.54, 1.807) is 4.90 Å². The van der Waals surface area contributed by atoms with Crippen LogP contribution in [-0.2, 0) is 19.5 Å². The molecule has 0 radical (unpaired) electrons. The van der Waals surface area contributed by atoms with Crippen molar-refractivity contribution >= 4 is 11.6 Å². The van der Waals surface area contributed by atoms with Crippen molar-refractivity contribution in [2.75, 3.05) is 18.5 Å². The molecule has 3 aromatic rings. The summed E-state index contributed by atoms with van der Waals surface area (Å²) in [4.78, 5) is 16.9. The molecular weight excluding hydrogens is 344 g/mol. The second kappa shape index (κ2) is 7.89. The lowest BCUT2D eigenvalue weighted by Crippen LogP contribution is -2.26. The highest BCUT2D eigenvalue weighted by molar-refractivity contribution is 5.94. The molecule has 1 amide bonds. The van der Waals surface area contributed by atoms with Crippen LogP contribution in [0.4, 0.5) is 5.69 Å². The van der Waals surface area contributed by atoms with E-state index < -0.39 is 0 Å². The summed E-state index contributed by atoms with van der Waals surface area (Å²) in [7, 11) is 1.86. The molecule has 1 aliphatic rings. The van der Waals surface area contributed by atoms with Crippen molar-refractivity contribution in [3.05, 3.63) is 101 Å². The lowest BCUT2D eigenvalue weighted by Gasteiger charge is -2.20. The third kappa shape index (κ3) is 3.94. The first kappa shape index (κ1) is 18.3. The normalized spacial score (nSPS) is 12.7. The molecule has 4 rings (SSSR count). The van der Waals surface area contributed by atoms with Gasteiger partial charge in [-0.25, -0.2) is 0 Å². The third-order valence-electron chi connectivity index (χ3n) is 5.44. The summed E-state index contributed by atoms with van der Waals surface area (Å²) in [5, 5.41) is 0. The first-order chi connectivity index (χ1) is 13.6. The summed E-state index contributed by atoms with van der Waals surface area (Å²) in [5.41, 5.74) is 7.10. The van der Waals surface area contributed by atoms with Crippen LogP contribution in [0, 0.1) is 6.92 Å². The predicted octanol–water partition coefficient (Wildman–Crippen LogP) is 4.83. The van der Waals surface area contributed by atoms with Gasteiger partial charge in [0.05, 0.1) is 0 Å². The lowest BCUT2D eigenvalue weighted by molar-refractivity contribution is 0.0785. The molecule has 28 heavy (non-hydrogen) atoms. The van der Waals surface area contributed by atoms with Gasteiger partial charge in [-0.3, -0.25) is 4.79 Å². The number of hydrogen-bond donors (Lipinski definition) is 0. The predicted molar refractivity (Wildman–Crippen MR) is 115 cm³/mol. The number of carbonyl (C=O) groups is 1. The van der Waals surface area contributed by atoms with E-state index in [1.165, 1.54) is 22.4 Å². The molecule has 142 valence electrons. The van der Waals surface area contributed by atoms with E-state index in [0.29, 0.717) is 6.54 Å². The molecule has 0 fully saturated rings. The zero-order valence-electron chi connectivity index (χ0n) is 16.6. The van der Waals surface area contributed by atoms with Crippen LogP contribution in [0.5, 0.6) is 0 Å². The summed E-state index contributed by atoms with van der Waals surface area (Å²) in [6.45, 7) is 4.62. The van der Waals surface area contributed by atoms with Crippen molar-refractivity contribution in [3.8, 4) is 0 Å². The first-order valence-corrected chi connectivity index (χ1v) is 9.83. The van der Waals surface area contributed by atoms with E-state index in [2.05, 4.69) is 72.5 Å². The number of benzene rings is 3. The Morgan fingerprint density at radius 2 is 1.61 bits per heavy atom. The highest BCUT2D eigenvalue weighted by atomic mass is 16.2. The molecule has 1 heterocycles. The molecule has 3 aromatic carbocycles. The van der Waals surface area contributed by atoms with E-state index >= 15 is 0 Å². The molecule has 0 unspecified atom stereocenters. The number of para-hydroxylation sites is 1. The van der Waals surface area contributed by atoms with Crippen molar-refractivity contribution in [2.24, 2.45) is 0 Å². The molecule has 3 heteroatoms. The van der Waals surface area contributed by atoms with Gasteiger partial charge in [0.15, 0.2) is 0 Å². The first-order valence-electron chi connectivity index (χ1n) is 9.83. The Hall–Kier alpha value is -3.07.